The number of fused-ring (bicyclic) bond motifs is 1. The molecule has 2 fully saturated rings. The van der Waals surface area contributed by atoms with Gasteiger partial charge < -0.3 is 9.64 Å². The first-order valence-electron chi connectivity index (χ1n) is 9.87. The molecule has 2 aromatic rings. The van der Waals surface area contributed by atoms with Crippen molar-refractivity contribution in [3.8, 4) is 5.75 Å². The fraction of sp³-hybridized carbons (Fsp3) is 0.455. The highest BCUT2D eigenvalue weighted by molar-refractivity contribution is 5.78. The van der Waals surface area contributed by atoms with Crippen molar-refractivity contribution >= 4 is 5.91 Å². The third-order valence-electron chi connectivity index (χ3n) is 5.79. The lowest BCUT2D eigenvalue weighted by atomic mass is 9.99. The molecule has 0 radical (unpaired) electrons. The number of carbonyl (C=O) groups excluding carboxylic acids is 1. The molecule has 1 saturated heterocycles. The van der Waals surface area contributed by atoms with Crippen LogP contribution in [0, 0.1) is 17.7 Å². The van der Waals surface area contributed by atoms with Crippen molar-refractivity contribution in [2.45, 2.75) is 25.5 Å². The molecule has 1 amide bonds. The van der Waals surface area contributed by atoms with Crippen molar-refractivity contribution in [1.29, 1.82) is 0 Å². The van der Waals surface area contributed by atoms with Gasteiger partial charge in [0.1, 0.15) is 17.7 Å². The van der Waals surface area contributed by atoms with Crippen LogP contribution >= 0.6 is 0 Å². The second-order valence-corrected chi connectivity index (χ2v) is 7.91. The van der Waals surface area contributed by atoms with Crippen LogP contribution in [0.25, 0.3) is 0 Å². The van der Waals surface area contributed by atoms with E-state index in [2.05, 4.69) is 4.98 Å². The maximum absolute atomic E-state index is 13.4. The van der Waals surface area contributed by atoms with E-state index in [0.717, 1.165) is 31.6 Å². The summed E-state index contributed by atoms with van der Waals surface area (Å²) >= 11 is 0. The molecule has 0 unspecified atom stereocenters. The predicted molar refractivity (Wildman–Crippen MR) is 104 cm³/mol. The molecule has 6 heteroatoms. The summed E-state index contributed by atoms with van der Waals surface area (Å²) in [7, 11) is 1.94. The molecule has 0 spiro atoms. The van der Waals surface area contributed by atoms with Crippen LogP contribution in [0.5, 0.6) is 5.75 Å². The minimum atomic E-state index is -0.286. The number of carbonyl (C=O) groups is 1. The molecular weight excluding hydrogens is 357 g/mol. The van der Waals surface area contributed by atoms with Crippen LogP contribution in [-0.2, 0) is 11.3 Å². The van der Waals surface area contributed by atoms with Gasteiger partial charge in [0.2, 0.25) is 5.91 Å². The number of likely N-dealkylation sites (tertiary alicyclic amines) is 1. The Balaban J connectivity index is 1.31. The molecule has 5 nitrogen and oxygen atoms in total. The zero-order valence-corrected chi connectivity index (χ0v) is 16.1. The third kappa shape index (κ3) is 4.33. The average Bonchev–Trinajstić information content (AvgIpc) is 3.25. The van der Waals surface area contributed by atoms with E-state index in [0.29, 0.717) is 30.7 Å². The molecule has 0 bridgehead atoms. The number of aromatic nitrogens is 1. The quantitative estimate of drug-likeness (QED) is 0.769. The summed E-state index contributed by atoms with van der Waals surface area (Å²) in [4.78, 5) is 21.0. The number of pyridine rings is 1. The molecule has 0 N–H and O–H groups in total. The first-order valence-corrected chi connectivity index (χ1v) is 9.87. The third-order valence-corrected chi connectivity index (χ3v) is 5.79. The van der Waals surface area contributed by atoms with E-state index in [-0.39, 0.29) is 17.8 Å². The summed E-state index contributed by atoms with van der Waals surface area (Å²) in [6, 6.07) is 12.1. The summed E-state index contributed by atoms with van der Waals surface area (Å²) in [5.74, 6) is 1.24. The van der Waals surface area contributed by atoms with Gasteiger partial charge in [-0.25, -0.2) is 4.39 Å². The highest BCUT2D eigenvalue weighted by Gasteiger charge is 2.45. The van der Waals surface area contributed by atoms with Gasteiger partial charge in [0.25, 0.3) is 0 Å². The van der Waals surface area contributed by atoms with Gasteiger partial charge in [0, 0.05) is 37.8 Å². The molecule has 1 saturated carbocycles. The van der Waals surface area contributed by atoms with E-state index in [1.54, 1.807) is 18.3 Å². The van der Waals surface area contributed by atoms with Gasteiger partial charge in [-0.3, -0.25) is 14.7 Å². The number of benzene rings is 1. The Hall–Kier alpha value is -2.47. The van der Waals surface area contributed by atoms with Crippen molar-refractivity contribution in [1.82, 2.24) is 14.8 Å². The number of hydrogen-bond acceptors (Lipinski definition) is 4. The number of rotatable bonds is 6. The van der Waals surface area contributed by atoms with Crippen LogP contribution in [0.3, 0.4) is 0 Å². The molecular formula is C22H26FN3O2. The van der Waals surface area contributed by atoms with Crippen molar-refractivity contribution in [3.63, 3.8) is 0 Å². The molecule has 1 aliphatic carbocycles. The van der Waals surface area contributed by atoms with Gasteiger partial charge in [-0.05, 0) is 50.1 Å². The van der Waals surface area contributed by atoms with Crippen LogP contribution in [0.2, 0.25) is 0 Å². The van der Waals surface area contributed by atoms with Gasteiger partial charge in [-0.2, -0.15) is 0 Å². The zero-order valence-electron chi connectivity index (χ0n) is 16.1. The standard InChI is InChI=1S/C22H26FN3O2/c1-25(13-18-6-2-3-10-24-18)15-22(27)26-12-16-8-9-21(20(16)14-26)28-19-7-4-5-17(23)11-19/h2-7,10-11,16,20-21H,8-9,12-15H2,1H3/t16-,20+,21-/m0/s1. The minimum Gasteiger partial charge on any atom is -0.490 e. The topological polar surface area (TPSA) is 45.7 Å². The van der Waals surface area contributed by atoms with Gasteiger partial charge in [-0.15, -0.1) is 0 Å². The van der Waals surface area contributed by atoms with Crippen LogP contribution in [0.15, 0.2) is 48.7 Å². The van der Waals surface area contributed by atoms with E-state index in [9.17, 15) is 9.18 Å². The summed E-state index contributed by atoms with van der Waals surface area (Å²) in [6.07, 6.45) is 3.84. The number of halogens is 1. The smallest absolute Gasteiger partial charge is 0.236 e. The Labute approximate surface area is 165 Å². The Morgan fingerprint density at radius 1 is 1.25 bits per heavy atom. The maximum Gasteiger partial charge on any atom is 0.236 e. The normalized spacial score (nSPS) is 23.8. The predicted octanol–water partition coefficient (Wildman–Crippen LogP) is 2.97. The number of hydrogen-bond donors (Lipinski definition) is 0. The van der Waals surface area contributed by atoms with Crippen molar-refractivity contribution in [2.24, 2.45) is 11.8 Å². The van der Waals surface area contributed by atoms with Crippen LogP contribution in [-0.4, -0.2) is 53.5 Å². The number of nitrogens with zero attached hydrogens (tertiary/aromatic N) is 3. The van der Waals surface area contributed by atoms with Gasteiger partial charge in [0.15, 0.2) is 0 Å². The first kappa shape index (κ1) is 18.9. The monoisotopic (exact) mass is 383 g/mol. The van der Waals surface area contributed by atoms with E-state index in [1.807, 2.05) is 35.0 Å². The molecule has 1 aliphatic heterocycles. The Morgan fingerprint density at radius 3 is 2.93 bits per heavy atom. The molecule has 3 atom stereocenters. The largest absolute Gasteiger partial charge is 0.490 e. The second kappa shape index (κ2) is 8.27. The molecule has 4 rings (SSSR count). The summed E-state index contributed by atoms with van der Waals surface area (Å²) in [6.45, 7) is 2.55. The van der Waals surface area contributed by atoms with Gasteiger partial charge in [0.05, 0.1) is 12.2 Å². The van der Waals surface area contributed by atoms with Gasteiger partial charge in [-0.1, -0.05) is 12.1 Å². The summed E-state index contributed by atoms with van der Waals surface area (Å²) in [5.41, 5.74) is 0.958. The lowest BCUT2D eigenvalue weighted by Gasteiger charge is -2.24. The zero-order chi connectivity index (χ0) is 19.5. The van der Waals surface area contributed by atoms with Crippen molar-refractivity contribution in [2.75, 3.05) is 26.7 Å². The molecule has 1 aromatic carbocycles. The fourth-order valence-electron chi connectivity index (χ4n) is 4.44. The molecule has 148 valence electrons. The highest BCUT2D eigenvalue weighted by atomic mass is 19.1. The average molecular weight is 383 g/mol. The van der Waals surface area contributed by atoms with E-state index in [4.69, 9.17) is 4.74 Å². The lowest BCUT2D eigenvalue weighted by molar-refractivity contribution is -0.131. The Bertz CT molecular complexity index is 816. The lowest BCUT2D eigenvalue weighted by Crippen LogP contribution is -2.39. The second-order valence-electron chi connectivity index (χ2n) is 7.91. The SMILES string of the molecule is CN(CC(=O)N1C[C@@H]2CC[C@H](Oc3cccc(F)c3)[C@@H]2C1)Cc1ccccn1. The van der Waals surface area contributed by atoms with Crippen LogP contribution < -0.4 is 4.74 Å². The first-order chi connectivity index (χ1) is 13.6. The van der Waals surface area contributed by atoms with Gasteiger partial charge >= 0.3 is 0 Å². The van der Waals surface area contributed by atoms with Crippen LogP contribution in [0.4, 0.5) is 4.39 Å². The van der Waals surface area contributed by atoms with Crippen molar-refractivity contribution in [3.05, 3.63) is 60.2 Å². The van der Waals surface area contributed by atoms with E-state index >= 15 is 0 Å². The summed E-state index contributed by atoms with van der Waals surface area (Å²) in [5, 5.41) is 0. The highest BCUT2D eigenvalue weighted by Crippen LogP contribution is 2.40. The number of likely N-dealkylation sites (N-methyl/N-ethyl adjacent to an activating group) is 1. The molecule has 2 aliphatic rings. The fourth-order valence-corrected chi connectivity index (χ4v) is 4.44. The molecule has 1 aromatic heterocycles. The number of amides is 1. The molecule has 2 heterocycles. The van der Waals surface area contributed by atoms with E-state index < -0.39 is 0 Å². The molecule has 28 heavy (non-hydrogen) atoms. The Morgan fingerprint density at radius 2 is 2.14 bits per heavy atom. The minimum absolute atomic E-state index is 0.0517. The van der Waals surface area contributed by atoms with E-state index in [1.165, 1.54) is 12.1 Å². The van der Waals surface area contributed by atoms with Crippen molar-refractivity contribution < 1.29 is 13.9 Å². The number of ether oxygens (including phenoxy) is 1. The van der Waals surface area contributed by atoms with Crippen LogP contribution in [0.1, 0.15) is 18.5 Å². The Kier molecular flexibility index (Phi) is 5.57. The maximum atomic E-state index is 13.4. The summed E-state index contributed by atoms with van der Waals surface area (Å²) < 4.78 is 19.5.